The molecule has 0 atom stereocenters. The van der Waals surface area contributed by atoms with E-state index in [0.29, 0.717) is 37.4 Å². The summed E-state index contributed by atoms with van der Waals surface area (Å²) in [6.45, 7) is 4.72. The van der Waals surface area contributed by atoms with Gasteiger partial charge >= 0.3 is 0 Å². The minimum absolute atomic E-state index is 0.0136. The zero-order valence-corrected chi connectivity index (χ0v) is 21.8. The van der Waals surface area contributed by atoms with Crippen molar-refractivity contribution in [3.8, 4) is 0 Å². The van der Waals surface area contributed by atoms with E-state index in [1.165, 1.54) is 9.80 Å². The Morgan fingerprint density at radius 3 is 1.68 bits per heavy atom. The maximum atomic E-state index is 13.3. The Labute approximate surface area is 218 Å². The highest BCUT2D eigenvalue weighted by Crippen LogP contribution is 2.23. The van der Waals surface area contributed by atoms with Crippen LogP contribution in [0.3, 0.4) is 0 Å². The normalized spacial score (nSPS) is 14.6. The first-order chi connectivity index (χ1) is 17.7. The van der Waals surface area contributed by atoms with Crippen molar-refractivity contribution < 1.29 is 39.5 Å². The minimum atomic E-state index is -1.19. The van der Waals surface area contributed by atoms with Crippen LogP contribution in [0.4, 0.5) is 0 Å². The van der Waals surface area contributed by atoms with Crippen molar-refractivity contribution in [3.05, 3.63) is 35.4 Å². The molecule has 0 radical (unpaired) electrons. The second kappa shape index (κ2) is 15.1. The van der Waals surface area contributed by atoms with Gasteiger partial charge in [-0.05, 0) is 25.8 Å². The number of carbonyl (C=O) groups excluding carboxylic acids is 3. The zero-order chi connectivity index (χ0) is 27.4. The SMILES string of the molecule is CC(C)(C(=O)c1ccc(CC(C(=O)N(CCO)CCO)C(=O)N(CCO)CCO)cc1)N1CCOCC1. The molecule has 37 heavy (non-hydrogen) atoms. The van der Waals surface area contributed by atoms with Crippen LogP contribution in [-0.2, 0) is 20.7 Å². The lowest BCUT2D eigenvalue weighted by Gasteiger charge is -2.39. The molecule has 0 bridgehead atoms. The van der Waals surface area contributed by atoms with E-state index >= 15 is 0 Å². The second-order valence-electron chi connectivity index (χ2n) is 9.49. The third-order valence-electron chi connectivity index (χ3n) is 6.71. The summed E-state index contributed by atoms with van der Waals surface area (Å²) in [6, 6.07) is 6.79. The summed E-state index contributed by atoms with van der Waals surface area (Å²) in [4.78, 5) is 44.5. The number of morpholine rings is 1. The summed E-state index contributed by atoms with van der Waals surface area (Å²) in [5, 5.41) is 37.5. The van der Waals surface area contributed by atoms with Crippen LogP contribution in [0.1, 0.15) is 29.8 Å². The lowest BCUT2D eigenvalue weighted by Crippen LogP contribution is -2.54. The van der Waals surface area contributed by atoms with Gasteiger partial charge in [-0.15, -0.1) is 0 Å². The number of ketones is 1. The minimum Gasteiger partial charge on any atom is -0.395 e. The second-order valence-corrected chi connectivity index (χ2v) is 9.49. The van der Waals surface area contributed by atoms with Gasteiger partial charge in [0, 0.05) is 44.8 Å². The first-order valence-electron chi connectivity index (χ1n) is 12.7. The molecule has 2 rings (SSSR count). The van der Waals surface area contributed by atoms with Crippen LogP contribution in [0.15, 0.2) is 24.3 Å². The predicted octanol–water partition coefficient (Wildman–Crippen LogP) is -1.23. The molecule has 0 saturated carbocycles. The van der Waals surface area contributed by atoms with Crippen molar-refractivity contribution in [2.45, 2.75) is 25.8 Å². The molecule has 208 valence electrons. The van der Waals surface area contributed by atoms with Crippen LogP contribution in [0.5, 0.6) is 0 Å². The number of ether oxygens (including phenoxy) is 1. The summed E-state index contributed by atoms with van der Waals surface area (Å²) in [7, 11) is 0. The van der Waals surface area contributed by atoms with Crippen molar-refractivity contribution in [1.29, 1.82) is 0 Å². The Morgan fingerprint density at radius 1 is 0.838 bits per heavy atom. The maximum absolute atomic E-state index is 13.3. The lowest BCUT2D eigenvalue weighted by molar-refractivity contribution is -0.148. The number of amides is 2. The molecule has 4 N–H and O–H groups in total. The Hall–Kier alpha value is -2.41. The number of carbonyl (C=O) groups is 3. The highest BCUT2D eigenvalue weighted by molar-refractivity contribution is 6.03. The Balaban J connectivity index is 2.28. The van der Waals surface area contributed by atoms with Crippen molar-refractivity contribution >= 4 is 17.6 Å². The molecule has 0 aromatic heterocycles. The molecule has 1 aromatic carbocycles. The van der Waals surface area contributed by atoms with E-state index < -0.39 is 23.3 Å². The van der Waals surface area contributed by atoms with Crippen LogP contribution < -0.4 is 0 Å². The van der Waals surface area contributed by atoms with E-state index in [9.17, 15) is 34.8 Å². The molecule has 11 heteroatoms. The van der Waals surface area contributed by atoms with E-state index in [2.05, 4.69) is 4.90 Å². The van der Waals surface area contributed by atoms with E-state index in [-0.39, 0.29) is 64.8 Å². The van der Waals surface area contributed by atoms with E-state index in [1.807, 2.05) is 13.8 Å². The van der Waals surface area contributed by atoms with Crippen LogP contribution in [0.25, 0.3) is 0 Å². The van der Waals surface area contributed by atoms with E-state index in [4.69, 9.17) is 4.74 Å². The first-order valence-corrected chi connectivity index (χ1v) is 12.7. The van der Waals surface area contributed by atoms with Gasteiger partial charge < -0.3 is 35.0 Å². The fourth-order valence-corrected chi connectivity index (χ4v) is 4.52. The molecule has 1 fully saturated rings. The molecule has 1 aliphatic rings. The highest BCUT2D eigenvalue weighted by atomic mass is 16.5. The van der Waals surface area contributed by atoms with Gasteiger partial charge in [0.05, 0.1) is 45.2 Å². The monoisotopic (exact) mass is 523 g/mol. The molecular weight excluding hydrogens is 482 g/mol. The summed E-state index contributed by atoms with van der Waals surface area (Å²) in [5.74, 6) is -2.37. The number of rotatable bonds is 15. The number of aliphatic hydroxyl groups is 4. The van der Waals surface area contributed by atoms with Crippen molar-refractivity contribution in [2.75, 3.05) is 78.9 Å². The number of aliphatic hydroxyl groups excluding tert-OH is 4. The first kappa shape index (κ1) is 30.8. The standard InChI is InChI=1S/C26H41N3O8/c1-26(2,29-11-17-37-18-12-29)23(34)21-5-3-20(4-6-21)19-22(24(35)27(7-13-30)8-14-31)25(36)28(9-15-32)10-16-33/h3-6,22,30-33H,7-19H2,1-2H3. The fraction of sp³-hybridized carbons (Fsp3) is 0.654. The molecule has 1 aliphatic heterocycles. The third kappa shape index (κ3) is 8.29. The van der Waals surface area contributed by atoms with Crippen molar-refractivity contribution in [1.82, 2.24) is 14.7 Å². The van der Waals surface area contributed by atoms with E-state index in [1.54, 1.807) is 24.3 Å². The molecule has 1 aromatic rings. The summed E-state index contributed by atoms with van der Waals surface area (Å²) >= 11 is 0. The molecule has 2 amide bonds. The smallest absolute Gasteiger partial charge is 0.235 e. The molecule has 0 unspecified atom stereocenters. The Kier molecular flexibility index (Phi) is 12.6. The average Bonchev–Trinajstić information content (AvgIpc) is 2.91. The summed E-state index contributed by atoms with van der Waals surface area (Å²) in [5.41, 5.74) is 0.441. The largest absolute Gasteiger partial charge is 0.395 e. The van der Waals surface area contributed by atoms with Crippen LogP contribution >= 0.6 is 0 Å². The number of Topliss-reactive ketones (excluding diaryl/α,β-unsaturated/α-hetero) is 1. The zero-order valence-electron chi connectivity index (χ0n) is 21.8. The average molecular weight is 524 g/mol. The topological polar surface area (TPSA) is 151 Å². The lowest BCUT2D eigenvalue weighted by atomic mass is 9.89. The van der Waals surface area contributed by atoms with Gasteiger partial charge in [0.2, 0.25) is 11.8 Å². The molecule has 1 saturated heterocycles. The van der Waals surface area contributed by atoms with E-state index in [0.717, 1.165) is 0 Å². The third-order valence-corrected chi connectivity index (χ3v) is 6.71. The molecule has 1 heterocycles. The van der Waals surface area contributed by atoms with Gasteiger partial charge in [-0.25, -0.2) is 0 Å². The quantitative estimate of drug-likeness (QED) is 0.164. The van der Waals surface area contributed by atoms with Gasteiger partial charge in [-0.3, -0.25) is 19.3 Å². The Bertz CT molecular complexity index is 831. The molecule has 0 spiro atoms. The van der Waals surface area contributed by atoms with Gasteiger partial charge in [0.15, 0.2) is 5.78 Å². The van der Waals surface area contributed by atoms with Crippen LogP contribution in [0.2, 0.25) is 0 Å². The number of benzene rings is 1. The predicted molar refractivity (Wildman–Crippen MR) is 136 cm³/mol. The number of hydrogen-bond donors (Lipinski definition) is 4. The van der Waals surface area contributed by atoms with Crippen LogP contribution in [-0.4, -0.2) is 137 Å². The summed E-state index contributed by atoms with van der Waals surface area (Å²) in [6.07, 6.45) is 0.0136. The molecule has 11 nitrogen and oxygen atoms in total. The fourth-order valence-electron chi connectivity index (χ4n) is 4.52. The molecular formula is C26H41N3O8. The molecule has 0 aliphatic carbocycles. The van der Waals surface area contributed by atoms with Crippen LogP contribution in [0, 0.1) is 5.92 Å². The van der Waals surface area contributed by atoms with Gasteiger partial charge in [-0.1, -0.05) is 24.3 Å². The maximum Gasteiger partial charge on any atom is 0.235 e. The summed E-state index contributed by atoms with van der Waals surface area (Å²) < 4.78 is 5.40. The number of hydrogen-bond acceptors (Lipinski definition) is 9. The van der Waals surface area contributed by atoms with Crippen molar-refractivity contribution in [3.63, 3.8) is 0 Å². The van der Waals surface area contributed by atoms with Crippen molar-refractivity contribution in [2.24, 2.45) is 5.92 Å². The number of nitrogens with zero attached hydrogens (tertiary/aromatic N) is 3. The van der Waals surface area contributed by atoms with Gasteiger partial charge in [0.1, 0.15) is 5.92 Å². The highest BCUT2D eigenvalue weighted by Gasteiger charge is 2.36. The van der Waals surface area contributed by atoms with Gasteiger partial charge in [-0.2, -0.15) is 0 Å². The van der Waals surface area contributed by atoms with Gasteiger partial charge in [0.25, 0.3) is 0 Å². The Morgan fingerprint density at radius 2 is 1.27 bits per heavy atom.